The number of hydrogen-bond donors (Lipinski definition) is 4. The van der Waals surface area contributed by atoms with E-state index in [1.807, 2.05) is 0 Å². The van der Waals surface area contributed by atoms with Gasteiger partial charge >= 0.3 is 5.97 Å². The minimum atomic E-state index is -4.15. The van der Waals surface area contributed by atoms with Gasteiger partial charge in [-0.1, -0.05) is 60.7 Å². The van der Waals surface area contributed by atoms with Crippen LogP contribution in [-0.2, 0) is 22.4 Å². The van der Waals surface area contributed by atoms with Crippen molar-refractivity contribution in [3.8, 4) is 22.6 Å². The molecule has 9 nitrogen and oxygen atoms in total. The second-order valence-corrected chi connectivity index (χ2v) is 11.7. The van der Waals surface area contributed by atoms with Crippen molar-refractivity contribution < 1.29 is 37.3 Å². The van der Waals surface area contributed by atoms with Crippen LogP contribution in [0.15, 0.2) is 115 Å². The third-order valence-electron chi connectivity index (χ3n) is 6.77. The van der Waals surface area contributed by atoms with E-state index in [1.54, 1.807) is 72.8 Å². The van der Waals surface area contributed by atoms with Crippen LogP contribution in [0.1, 0.15) is 31.8 Å². The highest BCUT2D eigenvalue weighted by Gasteiger charge is 2.20. The number of nitrogens with one attached hydrogen (secondary N) is 2. The van der Waals surface area contributed by atoms with Crippen molar-refractivity contribution in [2.75, 3.05) is 10.0 Å². The fraction of sp³-hybridized carbons (Fsp3) is 0.0588. The van der Waals surface area contributed by atoms with Crippen LogP contribution in [0.25, 0.3) is 11.1 Å². The Morgan fingerprint density at radius 1 is 0.778 bits per heavy atom. The van der Waals surface area contributed by atoms with E-state index < -0.39 is 27.6 Å². The molecule has 0 aliphatic carbocycles. The summed E-state index contributed by atoms with van der Waals surface area (Å²) in [5, 5.41) is 21.6. The van der Waals surface area contributed by atoms with E-state index in [0.29, 0.717) is 17.0 Å². The van der Waals surface area contributed by atoms with Gasteiger partial charge in [-0.15, -0.1) is 0 Å². The van der Waals surface area contributed by atoms with E-state index in [2.05, 4.69) is 10.0 Å². The summed E-state index contributed by atoms with van der Waals surface area (Å²) < 4.78 is 48.7. The number of sulfonamides is 1. The average molecular weight is 627 g/mol. The number of ether oxygens (including phenoxy) is 1. The van der Waals surface area contributed by atoms with E-state index in [1.165, 1.54) is 42.5 Å². The minimum Gasteiger partial charge on any atom is -0.508 e. The topological polar surface area (TPSA) is 142 Å². The Hall–Kier alpha value is -5.68. The average Bonchev–Trinajstić information content (AvgIpc) is 3.02. The number of phenols is 1. The van der Waals surface area contributed by atoms with Crippen molar-refractivity contribution in [2.24, 2.45) is 0 Å². The van der Waals surface area contributed by atoms with Crippen molar-refractivity contribution in [3.05, 3.63) is 143 Å². The Balaban J connectivity index is 1.21. The number of carboxylic acids is 1. The number of hydrogen-bond acceptors (Lipinski definition) is 6. The molecule has 0 aromatic heterocycles. The van der Waals surface area contributed by atoms with Crippen LogP contribution in [0, 0.1) is 5.82 Å². The van der Waals surface area contributed by atoms with Crippen LogP contribution in [0.2, 0.25) is 0 Å². The van der Waals surface area contributed by atoms with Crippen LogP contribution in [0.4, 0.5) is 15.8 Å². The maximum absolute atomic E-state index is 15.3. The Morgan fingerprint density at radius 2 is 1.42 bits per heavy atom. The largest absolute Gasteiger partial charge is 0.508 e. The van der Waals surface area contributed by atoms with Crippen molar-refractivity contribution in [2.45, 2.75) is 12.4 Å². The number of carbonyl (C=O) groups excluding carboxylic acids is 1. The molecule has 5 aromatic rings. The molecule has 0 aliphatic rings. The zero-order valence-corrected chi connectivity index (χ0v) is 24.4. The van der Waals surface area contributed by atoms with Crippen molar-refractivity contribution in [1.29, 1.82) is 0 Å². The number of halogens is 1. The SMILES string of the molecule is O=C(Nc1cccc(OCc2cccc(NS(=O)(=O)Cc3ccccc3C(=O)O)c2F)c1)c1ccc(-c2ccc(O)cc2)cc1. The molecule has 228 valence electrons. The summed E-state index contributed by atoms with van der Waals surface area (Å²) in [5.74, 6) is -2.60. The third kappa shape index (κ3) is 7.84. The van der Waals surface area contributed by atoms with E-state index in [0.717, 1.165) is 11.1 Å². The van der Waals surface area contributed by atoms with Crippen molar-refractivity contribution in [1.82, 2.24) is 0 Å². The Kier molecular flexibility index (Phi) is 9.10. The summed E-state index contributed by atoms with van der Waals surface area (Å²) in [6.07, 6.45) is 0. The zero-order valence-electron chi connectivity index (χ0n) is 23.6. The fourth-order valence-electron chi connectivity index (χ4n) is 4.53. The summed E-state index contributed by atoms with van der Waals surface area (Å²) in [5.41, 5.74) is 2.33. The second-order valence-electron chi connectivity index (χ2n) is 10.00. The molecule has 0 spiro atoms. The van der Waals surface area contributed by atoms with Crippen LogP contribution in [0.5, 0.6) is 11.5 Å². The second kappa shape index (κ2) is 13.3. The molecule has 0 unspecified atom stereocenters. The molecule has 0 radical (unpaired) electrons. The number of aromatic carboxylic acids is 1. The predicted octanol–water partition coefficient (Wildman–Crippen LogP) is 6.67. The first-order valence-electron chi connectivity index (χ1n) is 13.6. The van der Waals surface area contributed by atoms with Crippen LogP contribution in [0.3, 0.4) is 0 Å². The molecule has 5 rings (SSSR count). The van der Waals surface area contributed by atoms with Gasteiger partial charge in [-0.3, -0.25) is 9.52 Å². The number of carboxylic acid groups (broad SMARTS) is 1. The smallest absolute Gasteiger partial charge is 0.335 e. The first-order chi connectivity index (χ1) is 21.6. The van der Waals surface area contributed by atoms with E-state index in [4.69, 9.17) is 4.74 Å². The summed E-state index contributed by atoms with van der Waals surface area (Å²) in [6, 6.07) is 30.1. The number of phenolic OH excluding ortho intramolecular Hbond substituents is 1. The molecule has 0 bridgehead atoms. The van der Waals surface area contributed by atoms with Crippen molar-refractivity contribution >= 4 is 33.3 Å². The molecule has 0 saturated carbocycles. The van der Waals surface area contributed by atoms with Gasteiger partial charge in [0.1, 0.15) is 18.1 Å². The molecular formula is C34H27FN2O7S. The summed E-state index contributed by atoms with van der Waals surface area (Å²) >= 11 is 0. The highest BCUT2D eigenvalue weighted by Crippen LogP contribution is 2.25. The summed E-state index contributed by atoms with van der Waals surface area (Å²) in [7, 11) is -4.15. The zero-order chi connectivity index (χ0) is 32.0. The number of benzene rings is 5. The number of amides is 1. The van der Waals surface area contributed by atoms with Crippen LogP contribution in [-0.4, -0.2) is 30.5 Å². The van der Waals surface area contributed by atoms with Gasteiger partial charge in [0.2, 0.25) is 10.0 Å². The Labute approximate surface area is 258 Å². The predicted molar refractivity (Wildman–Crippen MR) is 168 cm³/mol. The van der Waals surface area contributed by atoms with Gasteiger partial charge < -0.3 is 20.3 Å². The highest BCUT2D eigenvalue weighted by molar-refractivity contribution is 7.91. The van der Waals surface area contributed by atoms with Crippen molar-refractivity contribution in [3.63, 3.8) is 0 Å². The fourth-order valence-corrected chi connectivity index (χ4v) is 5.76. The van der Waals surface area contributed by atoms with Gasteiger partial charge in [0.25, 0.3) is 5.91 Å². The minimum absolute atomic E-state index is 0.0652. The first-order valence-corrected chi connectivity index (χ1v) is 15.3. The van der Waals surface area contributed by atoms with E-state index in [-0.39, 0.29) is 40.6 Å². The first kappa shape index (κ1) is 30.8. The molecule has 0 fully saturated rings. The number of rotatable bonds is 11. The van der Waals surface area contributed by atoms with Gasteiger partial charge in [0, 0.05) is 22.9 Å². The molecule has 4 N–H and O–H groups in total. The van der Waals surface area contributed by atoms with E-state index >= 15 is 4.39 Å². The van der Waals surface area contributed by atoms with Gasteiger partial charge in [0.05, 0.1) is 17.0 Å². The van der Waals surface area contributed by atoms with Gasteiger partial charge in [-0.05, 0) is 65.2 Å². The molecule has 45 heavy (non-hydrogen) atoms. The van der Waals surface area contributed by atoms with Gasteiger partial charge in [-0.2, -0.15) is 0 Å². The lowest BCUT2D eigenvalue weighted by Crippen LogP contribution is -2.18. The quantitative estimate of drug-likeness (QED) is 0.128. The number of aromatic hydroxyl groups is 1. The van der Waals surface area contributed by atoms with Gasteiger partial charge in [0.15, 0.2) is 5.82 Å². The highest BCUT2D eigenvalue weighted by atomic mass is 32.2. The Morgan fingerprint density at radius 3 is 2.13 bits per heavy atom. The monoisotopic (exact) mass is 626 g/mol. The molecule has 0 saturated heterocycles. The molecule has 0 atom stereocenters. The normalized spacial score (nSPS) is 11.0. The maximum atomic E-state index is 15.3. The summed E-state index contributed by atoms with van der Waals surface area (Å²) in [6.45, 7) is -0.237. The maximum Gasteiger partial charge on any atom is 0.335 e. The lowest BCUT2D eigenvalue weighted by atomic mass is 10.0. The molecule has 11 heteroatoms. The molecular weight excluding hydrogens is 599 g/mol. The number of carbonyl (C=O) groups is 2. The lowest BCUT2D eigenvalue weighted by Gasteiger charge is -2.13. The van der Waals surface area contributed by atoms with Crippen LogP contribution < -0.4 is 14.8 Å². The van der Waals surface area contributed by atoms with E-state index in [9.17, 15) is 28.2 Å². The Bertz CT molecular complexity index is 1960. The molecule has 0 heterocycles. The molecule has 5 aromatic carbocycles. The van der Waals surface area contributed by atoms with Crippen LogP contribution >= 0.6 is 0 Å². The van der Waals surface area contributed by atoms with Gasteiger partial charge in [-0.25, -0.2) is 17.6 Å². The molecule has 0 aliphatic heterocycles. The molecule has 1 amide bonds. The lowest BCUT2D eigenvalue weighted by molar-refractivity contribution is 0.0695. The third-order valence-corrected chi connectivity index (χ3v) is 7.99. The summed E-state index contributed by atoms with van der Waals surface area (Å²) in [4.78, 5) is 24.3. The number of anilines is 2. The standard InChI is InChI=1S/C34H27FN2O7S/c35-32-25(6-3-10-31(32)37-45(42,43)21-26-5-1-2-9-30(26)34(40)41)20-44-29-8-4-7-27(19-29)36-33(39)24-13-11-22(12-14-24)23-15-17-28(38)18-16-23/h1-19,37-38H,20-21H2,(H,36,39)(H,40,41).